The van der Waals surface area contributed by atoms with E-state index in [1.807, 2.05) is 47.4 Å². The molecule has 0 unspecified atom stereocenters. The predicted molar refractivity (Wildman–Crippen MR) is 97.7 cm³/mol. The van der Waals surface area contributed by atoms with Crippen LogP contribution < -0.4 is 0 Å². The summed E-state index contributed by atoms with van der Waals surface area (Å²) in [6.45, 7) is 4.00. The lowest BCUT2D eigenvalue weighted by atomic mass is 10.00. The van der Waals surface area contributed by atoms with Crippen molar-refractivity contribution in [2.24, 2.45) is 0 Å². The summed E-state index contributed by atoms with van der Waals surface area (Å²) < 4.78 is 0. The summed E-state index contributed by atoms with van der Waals surface area (Å²) in [6, 6.07) is 18.2. The van der Waals surface area contributed by atoms with E-state index < -0.39 is 0 Å². The number of hydrogen-bond acceptors (Lipinski definition) is 2. The Kier molecular flexibility index (Phi) is 5.49. The highest BCUT2D eigenvalue weighted by Crippen LogP contribution is 2.19. The summed E-state index contributed by atoms with van der Waals surface area (Å²) >= 11 is 0. The Morgan fingerprint density at radius 3 is 2.40 bits per heavy atom. The van der Waals surface area contributed by atoms with Gasteiger partial charge in [-0.1, -0.05) is 54.6 Å². The standard InChI is InChI=1S/C21H24N2O2/c1-17(24)22(15-18-7-3-2-4-8-18)14-12-21(25)23-13-11-19-9-5-6-10-20(19)16-23/h2-10H,11-16H2,1H3. The molecule has 1 aliphatic heterocycles. The van der Waals surface area contributed by atoms with Gasteiger partial charge in [0.15, 0.2) is 0 Å². The zero-order valence-electron chi connectivity index (χ0n) is 14.6. The maximum Gasteiger partial charge on any atom is 0.224 e. The first-order valence-corrected chi connectivity index (χ1v) is 8.77. The number of fused-ring (bicyclic) bond motifs is 1. The highest BCUT2D eigenvalue weighted by molar-refractivity contribution is 5.78. The molecule has 0 aliphatic carbocycles. The number of hydrogen-bond donors (Lipinski definition) is 0. The molecule has 25 heavy (non-hydrogen) atoms. The molecule has 0 saturated heterocycles. The van der Waals surface area contributed by atoms with Gasteiger partial charge in [-0.2, -0.15) is 0 Å². The second-order valence-electron chi connectivity index (χ2n) is 6.51. The number of amides is 2. The minimum atomic E-state index is 0.000595. The second-order valence-corrected chi connectivity index (χ2v) is 6.51. The van der Waals surface area contributed by atoms with Gasteiger partial charge in [-0.05, 0) is 23.1 Å². The van der Waals surface area contributed by atoms with Crippen molar-refractivity contribution >= 4 is 11.8 Å². The topological polar surface area (TPSA) is 40.6 Å². The number of carbonyl (C=O) groups excluding carboxylic acids is 2. The molecule has 0 fully saturated rings. The maximum atomic E-state index is 12.6. The molecule has 0 N–H and O–H groups in total. The van der Waals surface area contributed by atoms with Crippen molar-refractivity contribution in [1.29, 1.82) is 0 Å². The van der Waals surface area contributed by atoms with E-state index in [0.717, 1.165) is 18.5 Å². The van der Waals surface area contributed by atoms with Gasteiger partial charge in [-0.15, -0.1) is 0 Å². The van der Waals surface area contributed by atoms with Crippen LogP contribution in [0.2, 0.25) is 0 Å². The van der Waals surface area contributed by atoms with Crippen molar-refractivity contribution in [3.8, 4) is 0 Å². The van der Waals surface area contributed by atoms with E-state index in [1.165, 1.54) is 11.1 Å². The van der Waals surface area contributed by atoms with Crippen LogP contribution in [0.5, 0.6) is 0 Å². The highest BCUT2D eigenvalue weighted by Gasteiger charge is 2.21. The average molecular weight is 336 g/mol. The van der Waals surface area contributed by atoms with Crippen molar-refractivity contribution in [1.82, 2.24) is 9.80 Å². The van der Waals surface area contributed by atoms with Crippen molar-refractivity contribution in [3.63, 3.8) is 0 Å². The molecule has 2 aromatic rings. The Morgan fingerprint density at radius 1 is 1.00 bits per heavy atom. The zero-order valence-corrected chi connectivity index (χ0v) is 14.6. The van der Waals surface area contributed by atoms with Gasteiger partial charge >= 0.3 is 0 Å². The second kappa shape index (κ2) is 7.97. The molecule has 4 heteroatoms. The van der Waals surface area contributed by atoms with Crippen LogP contribution in [0, 0.1) is 0 Å². The smallest absolute Gasteiger partial charge is 0.224 e. The molecule has 0 spiro atoms. The van der Waals surface area contributed by atoms with Crippen LogP contribution in [0.1, 0.15) is 30.0 Å². The van der Waals surface area contributed by atoms with Crippen LogP contribution >= 0.6 is 0 Å². The van der Waals surface area contributed by atoms with Gasteiger partial charge < -0.3 is 9.80 Å². The third-order valence-corrected chi connectivity index (χ3v) is 4.74. The van der Waals surface area contributed by atoms with E-state index in [1.54, 1.807) is 11.8 Å². The third-order valence-electron chi connectivity index (χ3n) is 4.74. The first kappa shape index (κ1) is 17.2. The van der Waals surface area contributed by atoms with Crippen LogP contribution in [0.4, 0.5) is 0 Å². The molecular formula is C21H24N2O2. The molecule has 1 aliphatic rings. The Morgan fingerprint density at radius 2 is 1.68 bits per heavy atom. The maximum absolute atomic E-state index is 12.6. The van der Waals surface area contributed by atoms with E-state index in [4.69, 9.17) is 0 Å². The fourth-order valence-corrected chi connectivity index (χ4v) is 3.25. The van der Waals surface area contributed by atoms with Gasteiger partial charge in [-0.3, -0.25) is 9.59 Å². The van der Waals surface area contributed by atoms with E-state index in [2.05, 4.69) is 12.1 Å². The number of rotatable bonds is 5. The minimum absolute atomic E-state index is 0.000595. The van der Waals surface area contributed by atoms with Crippen LogP contribution in [0.3, 0.4) is 0 Å². The van der Waals surface area contributed by atoms with Crippen molar-refractivity contribution in [3.05, 3.63) is 71.3 Å². The van der Waals surface area contributed by atoms with Gasteiger partial charge in [0.25, 0.3) is 0 Å². The summed E-state index contributed by atoms with van der Waals surface area (Å²) in [5.41, 5.74) is 3.65. The van der Waals surface area contributed by atoms with Crippen LogP contribution in [0.15, 0.2) is 54.6 Å². The van der Waals surface area contributed by atoms with E-state index in [-0.39, 0.29) is 11.8 Å². The first-order valence-electron chi connectivity index (χ1n) is 8.77. The molecule has 1 heterocycles. The first-order chi connectivity index (χ1) is 12.1. The predicted octanol–water partition coefficient (Wildman–Crippen LogP) is 3.01. The molecule has 0 bridgehead atoms. The number of carbonyl (C=O) groups is 2. The zero-order chi connectivity index (χ0) is 17.6. The van der Waals surface area contributed by atoms with Crippen molar-refractivity contribution in [2.45, 2.75) is 32.9 Å². The molecule has 0 atom stereocenters. The summed E-state index contributed by atoms with van der Waals surface area (Å²) in [4.78, 5) is 28.1. The molecule has 130 valence electrons. The molecule has 2 amide bonds. The molecule has 0 saturated carbocycles. The van der Waals surface area contributed by atoms with Crippen LogP contribution in [-0.4, -0.2) is 34.7 Å². The van der Waals surface area contributed by atoms with Gasteiger partial charge in [-0.25, -0.2) is 0 Å². The van der Waals surface area contributed by atoms with Gasteiger partial charge in [0.05, 0.1) is 0 Å². The average Bonchev–Trinajstić information content (AvgIpc) is 2.65. The monoisotopic (exact) mass is 336 g/mol. The summed E-state index contributed by atoms with van der Waals surface area (Å²) in [6.07, 6.45) is 1.27. The number of benzene rings is 2. The van der Waals surface area contributed by atoms with Crippen LogP contribution in [0.25, 0.3) is 0 Å². The molecule has 0 radical (unpaired) electrons. The lowest BCUT2D eigenvalue weighted by Crippen LogP contribution is -2.38. The molecule has 0 aromatic heterocycles. The summed E-state index contributed by atoms with van der Waals surface area (Å²) in [5.74, 6) is 0.120. The Bertz CT molecular complexity index is 743. The molecule has 3 rings (SSSR count). The third kappa shape index (κ3) is 4.47. The van der Waals surface area contributed by atoms with Crippen molar-refractivity contribution in [2.75, 3.05) is 13.1 Å². The van der Waals surface area contributed by atoms with E-state index >= 15 is 0 Å². The summed E-state index contributed by atoms with van der Waals surface area (Å²) in [7, 11) is 0. The summed E-state index contributed by atoms with van der Waals surface area (Å²) in [5, 5.41) is 0. The Balaban J connectivity index is 1.56. The molecule has 2 aromatic carbocycles. The SMILES string of the molecule is CC(=O)N(CCC(=O)N1CCc2ccccc2C1)Cc1ccccc1. The normalized spacial score (nSPS) is 13.2. The van der Waals surface area contributed by atoms with E-state index in [0.29, 0.717) is 26.1 Å². The number of nitrogens with zero attached hydrogens (tertiary/aromatic N) is 2. The largest absolute Gasteiger partial charge is 0.338 e. The fourth-order valence-electron chi connectivity index (χ4n) is 3.25. The highest BCUT2D eigenvalue weighted by atomic mass is 16.2. The molecular weight excluding hydrogens is 312 g/mol. The van der Waals surface area contributed by atoms with Gasteiger partial charge in [0.2, 0.25) is 11.8 Å². The Labute approximate surface area is 149 Å². The fraction of sp³-hybridized carbons (Fsp3) is 0.333. The van der Waals surface area contributed by atoms with Crippen molar-refractivity contribution < 1.29 is 9.59 Å². The van der Waals surface area contributed by atoms with Gasteiger partial charge in [0.1, 0.15) is 0 Å². The lowest BCUT2D eigenvalue weighted by Gasteiger charge is -2.30. The lowest BCUT2D eigenvalue weighted by molar-refractivity contribution is -0.134. The molecule has 4 nitrogen and oxygen atoms in total. The van der Waals surface area contributed by atoms with Gasteiger partial charge in [0, 0.05) is 39.5 Å². The Hall–Kier alpha value is -2.62. The quantitative estimate of drug-likeness (QED) is 0.842. The van der Waals surface area contributed by atoms with Crippen LogP contribution in [-0.2, 0) is 29.1 Å². The van der Waals surface area contributed by atoms with E-state index in [9.17, 15) is 9.59 Å². The minimum Gasteiger partial charge on any atom is -0.338 e.